The highest BCUT2D eigenvalue weighted by Crippen LogP contribution is 2.42. The Morgan fingerprint density at radius 2 is 0.962 bits per heavy atom. The first-order valence-electron chi connectivity index (χ1n) is 17.6. The number of benzene rings is 7. The monoisotopic (exact) mass is 664 g/mol. The number of H-pyrrole nitrogens is 1. The van der Waals surface area contributed by atoms with Crippen molar-refractivity contribution in [1.82, 2.24) is 19.5 Å². The van der Waals surface area contributed by atoms with E-state index in [1.165, 1.54) is 10.8 Å². The lowest BCUT2D eigenvalue weighted by atomic mass is 10.0. The summed E-state index contributed by atoms with van der Waals surface area (Å²) in [6.07, 6.45) is 0. The Morgan fingerprint density at radius 1 is 0.423 bits per heavy atom. The lowest BCUT2D eigenvalue weighted by Crippen LogP contribution is -2.25. The van der Waals surface area contributed by atoms with E-state index < -0.39 is 0 Å². The number of hydrogen-bond acceptors (Lipinski definition) is 2. The summed E-state index contributed by atoms with van der Waals surface area (Å²) in [5, 5.41) is 5.86. The number of pyridine rings is 1. The fourth-order valence-corrected chi connectivity index (χ4v) is 8.11. The van der Waals surface area contributed by atoms with Gasteiger partial charge in [0.05, 0.1) is 22.1 Å². The van der Waals surface area contributed by atoms with Gasteiger partial charge in [-0.25, -0.2) is 15.0 Å². The average molecular weight is 665 g/mol. The van der Waals surface area contributed by atoms with Crippen molar-refractivity contribution in [1.29, 1.82) is 0 Å². The van der Waals surface area contributed by atoms with E-state index in [1.807, 2.05) is 24.3 Å². The van der Waals surface area contributed by atoms with Crippen molar-refractivity contribution in [3.63, 3.8) is 0 Å². The summed E-state index contributed by atoms with van der Waals surface area (Å²) in [6, 6.07) is 62.0. The maximum absolute atomic E-state index is 5.46. The van der Waals surface area contributed by atoms with E-state index in [0.717, 1.165) is 89.0 Å². The Morgan fingerprint density at radius 3 is 1.69 bits per heavy atom. The minimum Gasteiger partial charge on any atom is -0.288 e. The third-order valence-corrected chi connectivity index (χ3v) is 10.4. The molecule has 0 bridgehead atoms. The highest BCUT2D eigenvalue weighted by molar-refractivity contribution is 6.23. The van der Waals surface area contributed by atoms with Crippen LogP contribution in [0, 0.1) is 0 Å². The number of rotatable bonds is 4. The fourth-order valence-electron chi connectivity index (χ4n) is 8.11. The van der Waals surface area contributed by atoms with Gasteiger partial charge in [0.25, 0.3) is 5.82 Å². The number of nitrogens with zero attached hydrogens (tertiary/aromatic N) is 4. The topological polar surface area (TPSA) is 50.6 Å². The molecule has 5 heteroatoms. The zero-order valence-corrected chi connectivity index (χ0v) is 28.0. The van der Waals surface area contributed by atoms with E-state index in [-0.39, 0.29) is 0 Å². The van der Waals surface area contributed by atoms with Gasteiger partial charge in [0.1, 0.15) is 11.2 Å². The Labute approximate surface area is 298 Å². The highest BCUT2D eigenvalue weighted by Gasteiger charge is 2.30. The van der Waals surface area contributed by atoms with Crippen molar-refractivity contribution >= 4 is 60.0 Å². The molecule has 7 aromatic carbocycles. The van der Waals surface area contributed by atoms with Crippen molar-refractivity contribution in [3.8, 4) is 39.7 Å². The second kappa shape index (κ2) is 11.2. The maximum atomic E-state index is 5.46. The van der Waals surface area contributed by atoms with Gasteiger partial charge >= 0.3 is 0 Å². The lowest BCUT2D eigenvalue weighted by molar-refractivity contribution is -0.465. The summed E-state index contributed by atoms with van der Waals surface area (Å²) in [4.78, 5) is 14.7. The van der Waals surface area contributed by atoms with E-state index in [9.17, 15) is 0 Å². The Balaban J connectivity index is 1.43. The van der Waals surface area contributed by atoms with E-state index in [1.54, 1.807) is 0 Å². The normalized spacial score (nSPS) is 11.8. The van der Waals surface area contributed by atoms with Gasteiger partial charge in [0.2, 0.25) is 0 Å². The standard InChI is InChI=1S/C47H29N5/c1-4-16-30(17-5-1)41-43-35-24-11-10-22-33(35)36-28-29-37-34-23-12-15-27-40(34)51(44(37)45(36)52(43)46(50-41)32-20-8-3-9-21-32)47-42(31-18-6-2-7-19-31)48-38-25-13-14-26-39(38)49-47/h1-29H/p+1. The SMILES string of the molecule is c1ccc(-c2nc3ccccc3nc2-n2c3ccccc3c3ccc4c5ccccc5c5c(-c6ccccc6)[nH]c(-c6ccccc6)[n+]5c4c32)cc1. The molecule has 0 spiro atoms. The molecule has 0 fully saturated rings. The molecule has 11 aromatic rings. The van der Waals surface area contributed by atoms with Crippen LogP contribution in [0.2, 0.25) is 0 Å². The number of para-hydroxylation sites is 3. The van der Waals surface area contributed by atoms with E-state index >= 15 is 0 Å². The second-order valence-corrected chi connectivity index (χ2v) is 13.3. The number of imidazole rings is 1. The zero-order valence-electron chi connectivity index (χ0n) is 28.0. The molecule has 0 aliphatic carbocycles. The van der Waals surface area contributed by atoms with E-state index in [2.05, 4.69) is 166 Å². The molecule has 0 aliphatic rings. The molecule has 52 heavy (non-hydrogen) atoms. The Hall–Kier alpha value is -7.11. The average Bonchev–Trinajstić information content (AvgIpc) is 3.79. The molecule has 0 amide bonds. The zero-order chi connectivity index (χ0) is 34.2. The molecular formula is C47H30N5+. The molecule has 1 N–H and O–H groups in total. The third-order valence-electron chi connectivity index (χ3n) is 10.4. The van der Waals surface area contributed by atoms with Crippen molar-refractivity contribution in [2.24, 2.45) is 0 Å². The van der Waals surface area contributed by atoms with E-state index in [4.69, 9.17) is 9.97 Å². The van der Waals surface area contributed by atoms with Gasteiger partial charge in [0, 0.05) is 32.7 Å². The molecular weight excluding hydrogens is 635 g/mol. The van der Waals surface area contributed by atoms with Gasteiger partial charge in [-0.2, -0.15) is 4.40 Å². The molecule has 11 rings (SSSR count). The van der Waals surface area contributed by atoms with Crippen LogP contribution in [0.15, 0.2) is 176 Å². The largest absolute Gasteiger partial charge is 0.292 e. The van der Waals surface area contributed by atoms with Crippen LogP contribution >= 0.6 is 0 Å². The van der Waals surface area contributed by atoms with Crippen LogP contribution in [0.25, 0.3) is 99.8 Å². The second-order valence-electron chi connectivity index (χ2n) is 13.3. The number of hydrogen-bond donors (Lipinski definition) is 1. The first-order valence-corrected chi connectivity index (χ1v) is 17.6. The smallest absolute Gasteiger partial charge is 0.288 e. The van der Waals surface area contributed by atoms with Crippen LogP contribution in [-0.4, -0.2) is 19.5 Å². The molecule has 0 radical (unpaired) electrons. The van der Waals surface area contributed by atoms with Gasteiger partial charge < -0.3 is 0 Å². The highest BCUT2D eigenvalue weighted by atomic mass is 15.1. The molecule has 0 atom stereocenters. The van der Waals surface area contributed by atoms with Crippen molar-refractivity contribution in [2.45, 2.75) is 0 Å². The lowest BCUT2D eigenvalue weighted by Gasteiger charge is -2.15. The molecule has 0 aliphatic heterocycles. The van der Waals surface area contributed by atoms with Crippen molar-refractivity contribution in [3.05, 3.63) is 176 Å². The fraction of sp³-hybridized carbons (Fsp3) is 0. The molecule has 0 saturated carbocycles. The summed E-state index contributed by atoms with van der Waals surface area (Å²) < 4.78 is 4.82. The first-order chi connectivity index (χ1) is 25.8. The van der Waals surface area contributed by atoms with Crippen molar-refractivity contribution in [2.75, 3.05) is 0 Å². The summed E-state index contributed by atoms with van der Waals surface area (Å²) >= 11 is 0. The predicted molar refractivity (Wildman–Crippen MR) is 213 cm³/mol. The van der Waals surface area contributed by atoms with Crippen LogP contribution in [0.5, 0.6) is 0 Å². The molecule has 242 valence electrons. The van der Waals surface area contributed by atoms with Crippen LogP contribution < -0.4 is 4.40 Å². The molecule has 4 heterocycles. The number of aromatic nitrogens is 5. The van der Waals surface area contributed by atoms with Gasteiger partial charge in [-0.05, 0) is 47.9 Å². The summed E-state index contributed by atoms with van der Waals surface area (Å²) in [6.45, 7) is 0. The van der Waals surface area contributed by atoms with Crippen molar-refractivity contribution < 1.29 is 4.40 Å². The van der Waals surface area contributed by atoms with Crippen LogP contribution in [-0.2, 0) is 0 Å². The predicted octanol–water partition coefficient (Wildman–Crippen LogP) is 11.1. The maximum Gasteiger partial charge on any atom is 0.292 e. The van der Waals surface area contributed by atoms with Crippen LogP contribution in [0.1, 0.15) is 0 Å². The van der Waals surface area contributed by atoms with Crippen LogP contribution in [0.4, 0.5) is 0 Å². The Bertz CT molecular complexity index is 3160. The quantitative estimate of drug-likeness (QED) is 0.150. The molecule has 5 nitrogen and oxygen atoms in total. The number of aromatic amines is 1. The van der Waals surface area contributed by atoms with Gasteiger partial charge in [-0.1, -0.05) is 133 Å². The van der Waals surface area contributed by atoms with E-state index in [0.29, 0.717) is 0 Å². The van der Waals surface area contributed by atoms with Gasteiger partial charge in [0.15, 0.2) is 22.5 Å². The van der Waals surface area contributed by atoms with Gasteiger partial charge in [-0.15, -0.1) is 0 Å². The summed E-state index contributed by atoms with van der Waals surface area (Å²) in [5.41, 5.74) is 11.3. The number of nitrogens with one attached hydrogen (secondary N) is 1. The summed E-state index contributed by atoms with van der Waals surface area (Å²) in [5.74, 6) is 1.81. The van der Waals surface area contributed by atoms with Gasteiger partial charge in [-0.3, -0.25) is 4.57 Å². The van der Waals surface area contributed by atoms with Crippen LogP contribution in [0.3, 0.4) is 0 Å². The Kier molecular flexibility index (Phi) is 6.18. The first kappa shape index (κ1) is 28.7. The summed E-state index contributed by atoms with van der Waals surface area (Å²) in [7, 11) is 0. The molecule has 0 saturated heterocycles. The number of fused-ring (bicyclic) bond motifs is 11. The molecule has 4 aromatic heterocycles. The molecule has 0 unspecified atom stereocenters. The minimum atomic E-state index is 0.797. The third kappa shape index (κ3) is 4.14. The minimum absolute atomic E-state index is 0.797.